The summed E-state index contributed by atoms with van der Waals surface area (Å²) in [5, 5.41) is 0.585. The van der Waals surface area contributed by atoms with Gasteiger partial charge in [0.05, 0.1) is 6.20 Å². The lowest BCUT2D eigenvalue weighted by Crippen LogP contribution is -2.03. The van der Waals surface area contributed by atoms with E-state index in [2.05, 4.69) is 4.98 Å². The SMILES string of the molecule is Cc1ccc(Oc2ncc(Cl)n2C(C)C)cc1. The van der Waals surface area contributed by atoms with Gasteiger partial charge in [0, 0.05) is 6.04 Å². The molecular weight excluding hydrogens is 236 g/mol. The van der Waals surface area contributed by atoms with Gasteiger partial charge in [0.15, 0.2) is 0 Å². The second-order valence-corrected chi connectivity index (χ2v) is 4.63. The fraction of sp³-hybridized carbons (Fsp3) is 0.308. The minimum Gasteiger partial charge on any atom is -0.425 e. The molecule has 0 aliphatic carbocycles. The summed E-state index contributed by atoms with van der Waals surface area (Å²) in [7, 11) is 0. The van der Waals surface area contributed by atoms with E-state index in [9.17, 15) is 0 Å². The lowest BCUT2D eigenvalue weighted by Gasteiger charge is -2.12. The van der Waals surface area contributed by atoms with Gasteiger partial charge in [-0.15, -0.1) is 0 Å². The maximum atomic E-state index is 6.05. The first kappa shape index (κ1) is 12.0. The smallest absolute Gasteiger partial charge is 0.303 e. The molecule has 0 saturated carbocycles. The number of halogens is 1. The van der Waals surface area contributed by atoms with Crippen LogP contribution in [0.1, 0.15) is 25.5 Å². The number of imidazole rings is 1. The van der Waals surface area contributed by atoms with E-state index in [1.807, 2.05) is 49.6 Å². The van der Waals surface area contributed by atoms with E-state index >= 15 is 0 Å². The van der Waals surface area contributed by atoms with Gasteiger partial charge in [-0.25, -0.2) is 4.98 Å². The highest BCUT2D eigenvalue weighted by Crippen LogP contribution is 2.27. The number of hydrogen-bond acceptors (Lipinski definition) is 2. The first-order valence-electron chi connectivity index (χ1n) is 5.55. The largest absolute Gasteiger partial charge is 0.425 e. The molecule has 1 heterocycles. The Hall–Kier alpha value is -1.48. The van der Waals surface area contributed by atoms with E-state index < -0.39 is 0 Å². The first-order valence-corrected chi connectivity index (χ1v) is 5.93. The normalized spacial score (nSPS) is 10.9. The van der Waals surface area contributed by atoms with Gasteiger partial charge >= 0.3 is 6.01 Å². The Kier molecular flexibility index (Phi) is 3.38. The van der Waals surface area contributed by atoms with Crippen LogP contribution in [0.3, 0.4) is 0 Å². The van der Waals surface area contributed by atoms with Gasteiger partial charge in [0.2, 0.25) is 0 Å². The Morgan fingerprint density at radius 2 is 1.88 bits per heavy atom. The molecule has 0 fully saturated rings. The summed E-state index contributed by atoms with van der Waals surface area (Å²) in [5.74, 6) is 0.764. The number of benzene rings is 1. The molecule has 17 heavy (non-hydrogen) atoms. The Morgan fingerprint density at radius 3 is 2.47 bits per heavy atom. The first-order chi connectivity index (χ1) is 8.08. The maximum Gasteiger partial charge on any atom is 0.303 e. The lowest BCUT2D eigenvalue weighted by molar-refractivity contribution is 0.396. The van der Waals surface area contributed by atoms with Crippen LogP contribution in [0.5, 0.6) is 11.8 Å². The Labute approximate surface area is 106 Å². The predicted molar refractivity (Wildman–Crippen MR) is 68.9 cm³/mol. The molecule has 0 N–H and O–H groups in total. The highest BCUT2D eigenvalue weighted by Gasteiger charge is 2.13. The van der Waals surface area contributed by atoms with Crippen molar-refractivity contribution >= 4 is 11.6 Å². The van der Waals surface area contributed by atoms with Crippen LogP contribution in [-0.2, 0) is 0 Å². The monoisotopic (exact) mass is 250 g/mol. The van der Waals surface area contributed by atoms with E-state index in [0.29, 0.717) is 11.2 Å². The summed E-state index contributed by atoms with van der Waals surface area (Å²) in [6.45, 7) is 6.11. The van der Waals surface area contributed by atoms with Crippen molar-refractivity contribution in [3.63, 3.8) is 0 Å². The van der Waals surface area contributed by atoms with Gasteiger partial charge in [-0.1, -0.05) is 29.3 Å². The Bertz CT molecular complexity index is 503. The van der Waals surface area contributed by atoms with E-state index in [0.717, 1.165) is 5.75 Å². The molecule has 0 atom stereocenters. The van der Waals surface area contributed by atoms with Gasteiger partial charge in [0.1, 0.15) is 10.9 Å². The molecule has 3 nitrogen and oxygen atoms in total. The van der Waals surface area contributed by atoms with Crippen molar-refractivity contribution in [3.05, 3.63) is 41.2 Å². The quantitative estimate of drug-likeness (QED) is 0.816. The second kappa shape index (κ2) is 4.80. The standard InChI is InChI=1S/C13H15ClN2O/c1-9(2)16-12(14)8-15-13(16)17-11-6-4-10(3)5-7-11/h4-9H,1-3H3. The number of aromatic nitrogens is 2. The fourth-order valence-electron chi connectivity index (χ4n) is 1.58. The zero-order chi connectivity index (χ0) is 12.4. The number of hydrogen-bond donors (Lipinski definition) is 0. The van der Waals surface area contributed by atoms with Crippen molar-refractivity contribution in [2.45, 2.75) is 26.8 Å². The van der Waals surface area contributed by atoms with Crippen molar-refractivity contribution in [1.82, 2.24) is 9.55 Å². The average Bonchev–Trinajstić information content (AvgIpc) is 2.63. The van der Waals surface area contributed by atoms with Crippen molar-refractivity contribution in [2.24, 2.45) is 0 Å². The molecule has 2 rings (SSSR count). The highest BCUT2D eigenvalue weighted by atomic mass is 35.5. The third-order valence-electron chi connectivity index (χ3n) is 2.46. The molecule has 0 bridgehead atoms. The molecule has 0 unspecified atom stereocenters. The summed E-state index contributed by atoms with van der Waals surface area (Å²) in [6.07, 6.45) is 1.60. The lowest BCUT2D eigenvalue weighted by atomic mass is 10.2. The van der Waals surface area contributed by atoms with Crippen LogP contribution in [0, 0.1) is 6.92 Å². The van der Waals surface area contributed by atoms with Crippen molar-refractivity contribution in [3.8, 4) is 11.8 Å². The molecule has 2 aromatic rings. The predicted octanol–water partition coefficient (Wildman–Crippen LogP) is 4.22. The summed E-state index contributed by atoms with van der Waals surface area (Å²) >= 11 is 6.05. The topological polar surface area (TPSA) is 27.1 Å². The van der Waals surface area contributed by atoms with Gasteiger partial charge in [0.25, 0.3) is 0 Å². The minimum atomic E-state index is 0.213. The molecule has 0 aliphatic rings. The number of rotatable bonds is 3. The van der Waals surface area contributed by atoms with Gasteiger partial charge in [-0.3, -0.25) is 4.57 Å². The van der Waals surface area contributed by atoms with E-state index in [1.165, 1.54) is 5.56 Å². The molecular formula is C13H15ClN2O. The van der Waals surface area contributed by atoms with Crippen molar-refractivity contribution < 1.29 is 4.74 Å². The number of ether oxygens (including phenoxy) is 1. The molecule has 1 aromatic carbocycles. The van der Waals surface area contributed by atoms with Crippen LogP contribution < -0.4 is 4.74 Å². The third kappa shape index (κ3) is 2.61. The highest BCUT2D eigenvalue weighted by molar-refractivity contribution is 6.29. The van der Waals surface area contributed by atoms with Crippen molar-refractivity contribution in [1.29, 1.82) is 0 Å². The Morgan fingerprint density at radius 1 is 1.24 bits per heavy atom. The average molecular weight is 251 g/mol. The van der Waals surface area contributed by atoms with Crippen LogP contribution in [0.4, 0.5) is 0 Å². The zero-order valence-corrected chi connectivity index (χ0v) is 10.9. The van der Waals surface area contributed by atoms with Crippen LogP contribution in [0.25, 0.3) is 0 Å². The maximum absolute atomic E-state index is 6.05. The van der Waals surface area contributed by atoms with E-state index in [1.54, 1.807) is 6.20 Å². The number of aryl methyl sites for hydroxylation is 1. The van der Waals surface area contributed by atoms with Crippen LogP contribution in [-0.4, -0.2) is 9.55 Å². The van der Waals surface area contributed by atoms with Gasteiger partial charge in [-0.2, -0.15) is 0 Å². The second-order valence-electron chi connectivity index (χ2n) is 4.24. The van der Waals surface area contributed by atoms with Crippen LogP contribution >= 0.6 is 11.6 Å². The Balaban J connectivity index is 2.27. The summed E-state index contributed by atoms with van der Waals surface area (Å²) in [4.78, 5) is 4.16. The van der Waals surface area contributed by atoms with E-state index in [4.69, 9.17) is 16.3 Å². The zero-order valence-electron chi connectivity index (χ0n) is 10.1. The summed E-state index contributed by atoms with van der Waals surface area (Å²) < 4.78 is 7.56. The molecule has 90 valence electrons. The summed E-state index contributed by atoms with van der Waals surface area (Å²) in [5.41, 5.74) is 1.20. The molecule has 0 radical (unpaired) electrons. The number of nitrogens with zero attached hydrogens (tertiary/aromatic N) is 2. The minimum absolute atomic E-state index is 0.213. The van der Waals surface area contributed by atoms with Gasteiger partial charge in [-0.05, 0) is 32.9 Å². The van der Waals surface area contributed by atoms with E-state index in [-0.39, 0.29) is 6.04 Å². The van der Waals surface area contributed by atoms with Crippen LogP contribution in [0.15, 0.2) is 30.5 Å². The third-order valence-corrected chi connectivity index (χ3v) is 2.74. The van der Waals surface area contributed by atoms with Crippen LogP contribution in [0.2, 0.25) is 5.15 Å². The fourth-order valence-corrected chi connectivity index (χ4v) is 1.90. The summed E-state index contributed by atoms with van der Waals surface area (Å²) in [6, 6.07) is 8.57. The molecule has 0 saturated heterocycles. The van der Waals surface area contributed by atoms with Crippen molar-refractivity contribution in [2.75, 3.05) is 0 Å². The molecule has 1 aromatic heterocycles. The molecule has 0 amide bonds. The molecule has 4 heteroatoms. The van der Waals surface area contributed by atoms with Gasteiger partial charge < -0.3 is 4.74 Å². The molecule has 0 aliphatic heterocycles. The molecule has 0 spiro atoms.